The van der Waals surface area contributed by atoms with Crippen LogP contribution in [0.15, 0.2) is 170 Å². The Morgan fingerprint density at radius 3 is 1.46 bits per heavy atom. The average Bonchev–Trinajstić information content (AvgIpc) is 3.75. The number of nitrogens with zero attached hydrogens (tertiary/aromatic N) is 4. The van der Waals surface area contributed by atoms with Crippen LogP contribution in [0.3, 0.4) is 0 Å². The van der Waals surface area contributed by atoms with Gasteiger partial charge < -0.3 is 9.13 Å². The summed E-state index contributed by atoms with van der Waals surface area (Å²) in [6.45, 7) is 12.7. The van der Waals surface area contributed by atoms with Crippen molar-refractivity contribution in [1.29, 1.82) is 5.26 Å². The Morgan fingerprint density at radius 2 is 0.929 bits per heavy atom. The maximum absolute atomic E-state index is 9.85. The monoisotopic (exact) mass is 714 g/mol. The summed E-state index contributed by atoms with van der Waals surface area (Å²) in [6, 6.07) is 61.9. The van der Waals surface area contributed by atoms with Crippen molar-refractivity contribution < 1.29 is 0 Å². The minimum absolute atomic E-state index is 0.517. The Morgan fingerprint density at radius 1 is 0.446 bits per heavy atom. The van der Waals surface area contributed by atoms with E-state index in [9.17, 15) is 5.26 Å². The van der Waals surface area contributed by atoms with E-state index in [0.29, 0.717) is 11.3 Å². The standard InChI is InChI=1S/C52H34N4/c1-33-11-8-14-36(25-33)38-21-23-49-44(28-38)41-17-4-6-19-47(41)55(49)51-30-43(40-16-10-13-35(27-40)32-53)46(54-3)31-52(51)56-48-20-7-5-18-42(48)45-29-39(22-24-50(45)56)37-15-9-12-34(2)26-37/h4-31H,1-2H3. The summed E-state index contributed by atoms with van der Waals surface area (Å²) in [5, 5.41) is 14.4. The molecule has 0 aliphatic heterocycles. The molecule has 0 fully saturated rings. The third-order valence-electron chi connectivity index (χ3n) is 11.0. The highest BCUT2D eigenvalue weighted by Gasteiger charge is 2.23. The molecule has 2 aromatic heterocycles. The maximum Gasteiger partial charge on any atom is 0.197 e. The molecule has 0 saturated heterocycles. The van der Waals surface area contributed by atoms with Crippen molar-refractivity contribution in [2.45, 2.75) is 13.8 Å². The lowest BCUT2D eigenvalue weighted by Gasteiger charge is -2.20. The second-order valence-corrected chi connectivity index (χ2v) is 14.6. The van der Waals surface area contributed by atoms with Crippen LogP contribution in [0.4, 0.5) is 5.69 Å². The smallest absolute Gasteiger partial charge is 0.197 e. The molecule has 0 bridgehead atoms. The van der Waals surface area contributed by atoms with E-state index >= 15 is 0 Å². The van der Waals surface area contributed by atoms with Gasteiger partial charge in [0.25, 0.3) is 0 Å². The average molecular weight is 715 g/mol. The van der Waals surface area contributed by atoms with Crippen LogP contribution in [0, 0.1) is 31.8 Å². The van der Waals surface area contributed by atoms with Crippen LogP contribution in [0.5, 0.6) is 0 Å². The Kier molecular flexibility index (Phi) is 7.66. The fourth-order valence-corrected chi connectivity index (χ4v) is 8.48. The minimum atomic E-state index is 0.517. The molecule has 0 spiro atoms. The van der Waals surface area contributed by atoms with Crippen LogP contribution in [0.25, 0.3) is 93.2 Å². The molecule has 4 heteroatoms. The molecule has 4 nitrogen and oxygen atoms in total. The first kappa shape index (κ1) is 32.9. The number of benzene rings is 8. The first-order chi connectivity index (χ1) is 27.5. The van der Waals surface area contributed by atoms with Gasteiger partial charge in [0.05, 0.1) is 51.6 Å². The lowest BCUT2D eigenvalue weighted by Crippen LogP contribution is -2.04. The van der Waals surface area contributed by atoms with Crippen molar-refractivity contribution >= 4 is 49.3 Å². The number of rotatable bonds is 5. The van der Waals surface area contributed by atoms with Gasteiger partial charge in [-0.05, 0) is 108 Å². The predicted octanol–water partition coefficient (Wildman–Crippen LogP) is 13.9. The normalized spacial score (nSPS) is 11.4. The third kappa shape index (κ3) is 5.28. The Hall–Kier alpha value is -7.66. The number of hydrogen-bond acceptors (Lipinski definition) is 1. The molecule has 0 N–H and O–H groups in total. The Labute approximate surface area is 325 Å². The predicted molar refractivity (Wildman–Crippen MR) is 232 cm³/mol. The second-order valence-electron chi connectivity index (χ2n) is 14.6. The Bertz CT molecular complexity index is 3310. The van der Waals surface area contributed by atoms with E-state index in [2.05, 4.69) is 173 Å². The molecule has 56 heavy (non-hydrogen) atoms. The molecular weight excluding hydrogens is 681 g/mol. The summed E-state index contributed by atoms with van der Waals surface area (Å²) in [5.74, 6) is 0. The first-order valence-electron chi connectivity index (χ1n) is 18.8. The highest BCUT2D eigenvalue weighted by Crippen LogP contribution is 2.44. The van der Waals surface area contributed by atoms with Crippen molar-refractivity contribution in [1.82, 2.24) is 9.13 Å². The molecule has 0 aliphatic carbocycles. The van der Waals surface area contributed by atoms with Gasteiger partial charge in [0.2, 0.25) is 0 Å². The molecule has 10 aromatic rings. The third-order valence-corrected chi connectivity index (χ3v) is 11.0. The van der Waals surface area contributed by atoms with Gasteiger partial charge in [0.15, 0.2) is 5.69 Å². The van der Waals surface area contributed by atoms with E-state index in [-0.39, 0.29) is 0 Å². The summed E-state index contributed by atoms with van der Waals surface area (Å²) in [6.07, 6.45) is 0. The number of aryl methyl sites for hydroxylation is 2. The molecule has 0 radical (unpaired) electrons. The summed E-state index contributed by atoms with van der Waals surface area (Å²) in [4.78, 5) is 4.14. The summed E-state index contributed by atoms with van der Waals surface area (Å²) >= 11 is 0. The molecule has 0 atom stereocenters. The lowest BCUT2D eigenvalue weighted by atomic mass is 9.99. The van der Waals surface area contributed by atoms with Crippen molar-refractivity contribution in [2.24, 2.45) is 0 Å². The quantitative estimate of drug-likeness (QED) is 0.164. The van der Waals surface area contributed by atoms with E-state index in [0.717, 1.165) is 77.2 Å². The first-order valence-corrected chi connectivity index (χ1v) is 18.8. The van der Waals surface area contributed by atoms with Gasteiger partial charge in [0.1, 0.15) is 0 Å². The molecule has 8 aromatic carbocycles. The number of aromatic nitrogens is 2. The summed E-state index contributed by atoms with van der Waals surface area (Å²) in [7, 11) is 0. The van der Waals surface area contributed by atoms with E-state index in [1.165, 1.54) is 22.3 Å². The van der Waals surface area contributed by atoms with Gasteiger partial charge in [0, 0.05) is 21.5 Å². The van der Waals surface area contributed by atoms with Crippen molar-refractivity contribution in [3.63, 3.8) is 0 Å². The van der Waals surface area contributed by atoms with Gasteiger partial charge in [-0.3, -0.25) is 0 Å². The number of hydrogen-bond donors (Lipinski definition) is 0. The van der Waals surface area contributed by atoms with Crippen LogP contribution in [0.1, 0.15) is 16.7 Å². The number of fused-ring (bicyclic) bond motifs is 6. The molecule has 0 aliphatic rings. The van der Waals surface area contributed by atoms with Gasteiger partial charge in [-0.25, -0.2) is 4.85 Å². The van der Waals surface area contributed by atoms with E-state index in [4.69, 9.17) is 6.57 Å². The van der Waals surface area contributed by atoms with E-state index in [1.807, 2.05) is 24.3 Å². The van der Waals surface area contributed by atoms with E-state index in [1.54, 1.807) is 6.07 Å². The van der Waals surface area contributed by atoms with Crippen LogP contribution < -0.4 is 0 Å². The van der Waals surface area contributed by atoms with Crippen LogP contribution in [0.2, 0.25) is 0 Å². The highest BCUT2D eigenvalue weighted by molar-refractivity contribution is 6.13. The Balaban J connectivity index is 1.32. The molecule has 262 valence electrons. The molecule has 0 unspecified atom stereocenters. The molecule has 0 saturated carbocycles. The van der Waals surface area contributed by atoms with Gasteiger partial charge in [-0.15, -0.1) is 0 Å². The summed E-state index contributed by atoms with van der Waals surface area (Å²) in [5.41, 5.74) is 15.9. The zero-order chi connectivity index (χ0) is 37.9. The largest absolute Gasteiger partial charge is 0.308 e. The zero-order valence-electron chi connectivity index (χ0n) is 31.0. The van der Waals surface area contributed by atoms with Crippen molar-refractivity contribution in [3.05, 3.63) is 198 Å². The molecule has 10 rings (SSSR count). The van der Waals surface area contributed by atoms with Gasteiger partial charge >= 0.3 is 0 Å². The number of nitriles is 1. The summed E-state index contributed by atoms with van der Waals surface area (Å²) < 4.78 is 4.68. The highest BCUT2D eigenvalue weighted by atomic mass is 15.1. The SMILES string of the molecule is [C-]#[N+]c1cc(-n2c3ccccc3c3cc(-c4cccc(C)c4)ccc32)c(-n2c3ccccc3c3cc(-c4cccc(C)c4)ccc32)cc1-c1cccc(C#N)c1. The zero-order valence-corrected chi connectivity index (χ0v) is 31.0. The van der Waals surface area contributed by atoms with Crippen molar-refractivity contribution in [2.75, 3.05) is 0 Å². The van der Waals surface area contributed by atoms with E-state index < -0.39 is 0 Å². The topological polar surface area (TPSA) is 38.0 Å². The van der Waals surface area contributed by atoms with Gasteiger partial charge in [-0.1, -0.05) is 120 Å². The fourth-order valence-electron chi connectivity index (χ4n) is 8.48. The molecule has 0 amide bonds. The van der Waals surface area contributed by atoms with Crippen LogP contribution in [-0.4, -0.2) is 9.13 Å². The maximum atomic E-state index is 9.85. The molecular formula is C52H34N4. The van der Waals surface area contributed by atoms with Crippen molar-refractivity contribution in [3.8, 4) is 50.8 Å². The number of para-hydroxylation sites is 2. The molecule has 2 heterocycles. The van der Waals surface area contributed by atoms with Crippen LogP contribution >= 0.6 is 0 Å². The lowest BCUT2D eigenvalue weighted by molar-refractivity contribution is 1.10. The second kappa shape index (κ2) is 13.0. The van der Waals surface area contributed by atoms with Crippen LogP contribution in [-0.2, 0) is 0 Å². The van der Waals surface area contributed by atoms with Gasteiger partial charge in [-0.2, -0.15) is 5.26 Å². The fraction of sp³-hybridized carbons (Fsp3) is 0.0385. The minimum Gasteiger partial charge on any atom is -0.308 e.